The molecule has 21 heavy (non-hydrogen) atoms. The van der Waals surface area contributed by atoms with Crippen LogP contribution in [0.3, 0.4) is 0 Å². The summed E-state index contributed by atoms with van der Waals surface area (Å²) in [5, 5.41) is 2.75. The molecule has 5 heteroatoms. The fourth-order valence-corrected chi connectivity index (χ4v) is 2.53. The summed E-state index contributed by atoms with van der Waals surface area (Å²) >= 11 is 0. The van der Waals surface area contributed by atoms with Gasteiger partial charge in [0.1, 0.15) is 12.1 Å². The van der Waals surface area contributed by atoms with Crippen LogP contribution < -0.4 is 5.32 Å². The number of nitrogens with zero attached hydrogens (tertiary/aromatic N) is 1. The highest BCUT2D eigenvalue weighted by Gasteiger charge is 2.38. The second-order valence-corrected chi connectivity index (χ2v) is 5.16. The van der Waals surface area contributed by atoms with Gasteiger partial charge in [-0.3, -0.25) is 9.59 Å². The highest BCUT2D eigenvalue weighted by atomic mass is 16.5. The lowest BCUT2D eigenvalue weighted by atomic mass is 10.00. The highest BCUT2D eigenvalue weighted by molar-refractivity contribution is 5.96. The number of ether oxygens (including phenoxy) is 1. The topological polar surface area (TPSA) is 58.6 Å². The van der Waals surface area contributed by atoms with Crippen LogP contribution in [0, 0.1) is 0 Å². The van der Waals surface area contributed by atoms with Crippen LogP contribution in [0.15, 0.2) is 30.3 Å². The van der Waals surface area contributed by atoms with Crippen molar-refractivity contribution in [1.82, 2.24) is 10.2 Å². The summed E-state index contributed by atoms with van der Waals surface area (Å²) in [4.78, 5) is 26.2. The van der Waals surface area contributed by atoms with E-state index in [4.69, 9.17) is 4.74 Å². The fourth-order valence-electron chi connectivity index (χ4n) is 2.53. The van der Waals surface area contributed by atoms with Crippen LogP contribution in [-0.4, -0.2) is 48.6 Å². The van der Waals surface area contributed by atoms with Crippen LogP contribution in [0.25, 0.3) is 0 Å². The molecule has 114 valence electrons. The summed E-state index contributed by atoms with van der Waals surface area (Å²) in [6.07, 6.45) is 0.525. The van der Waals surface area contributed by atoms with Gasteiger partial charge in [0.25, 0.3) is 0 Å². The molecule has 5 nitrogen and oxygen atoms in total. The molecule has 0 bridgehead atoms. The van der Waals surface area contributed by atoms with Gasteiger partial charge in [0.05, 0.1) is 6.61 Å². The SMILES string of the molecule is CCOCCN1C(=O)C(C)NC(=O)C1Cc1ccccc1. The van der Waals surface area contributed by atoms with Gasteiger partial charge in [-0.05, 0) is 19.4 Å². The Labute approximate surface area is 125 Å². The third-order valence-electron chi connectivity index (χ3n) is 3.64. The molecule has 1 saturated heterocycles. The molecule has 1 N–H and O–H groups in total. The predicted octanol–water partition coefficient (Wildman–Crippen LogP) is 0.981. The number of hydrogen-bond acceptors (Lipinski definition) is 3. The average molecular weight is 290 g/mol. The number of amides is 2. The van der Waals surface area contributed by atoms with Crippen molar-refractivity contribution >= 4 is 11.8 Å². The third-order valence-corrected chi connectivity index (χ3v) is 3.64. The fraction of sp³-hybridized carbons (Fsp3) is 0.500. The lowest BCUT2D eigenvalue weighted by Gasteiger charge is -2.38. The number of nitrogens with one attached hydrogen (secondary N) is 1. The molecule has 1 aliphatic rings. The Morgan fingerprint density at radius 1 is 1.24 bits per heavy atom. The van der Waals surface area contributed by atoms with E-state index in [1.807, 2.05) is 37.3 Å². The first-order chi connectivity index (χ1) is 10.1. The highest BCUT2D eigenvalue weighted by Crippen LogP contribution is 2.15. The van der Waals surface area contributed by atoms with Gasteiger partial charge in [0.15, 0.2) is 0 Å². The van der Waals surface area contributed by atoms with Crippen molar-refractivity contribution in [3.63, 3.8) is 0 Å². The molecule has 2 unspecified atom stereocenters. The van der Waals surface area contributed by atoms with E-state index >= 15 is 0 Å². The summed E-state index contributed by atoms with van der Waals surface area (Å²) in [6.45, 7) is 5.13. The Bertz CT molecular complexity index is 490. The first-order valence-corrected chi connectivity index (χ1v) is 7.36. The maximum Gasteiger partial charge on any atom is 0.245 e. The van der Waals surface area contributed by atoms with E-state index in [0.717, 1.165) is 5.56 Å². The molecule has 2 amide bonds. The van der Waals surface area contributed by atoms with Crippen LogP contribution >= 0.6 is 0 Å². The largest absolute Gasteiger partial charge is 0.380 e. The molecule has 0 aromatic heterocycles. The second-order valence-electron chi connectivity index (χ2n) is 5.16. The normalized spacial score (nSPS) is 22.3. The van der Waals surface area contributed by atoms with Gasteiger partial charge in [-0.15, -0.1) is 0 Å². The van der Waals surface area contributed by atoms with Crippen molar-refractivity contribution < 1.29 is 14.3 Å². The summed E-state index contributed by atoms with van der Waals surface area (Å²) in [5.74, 6) is -0.141. The third kappa shape index (κ3) is 3.82. The van der Waals surface area contributed by atoms with Crippen LogP contribution in [-0.2, 0) is 20.7 Å². The van der Waals surface area contributed by atoms with Crippen molar-refractivity contribution in [2.24, 2.45) is 0 Å². The van der Waals surface area contributed by atoms with Crippen molar-refractivity contribution in [3.05, 3.63) is 35.9 Å². The van der Waals surface area contributed by atoms with Crippen LogP contribution in [0.5, 0.6) is 0 Å². The minimum atomic E-state index is -0.467. The molecular formula is C16H22N2O3. The minimum Gasteiger partial charge on any atom is -0.380 e. The van der Waals surface area contributed by atoms with Gasteiger partial charge < -0.3 is 15.0 Å². The number of carbonyl (C=O) groups is 2. The zero-order valence-corrected chi connectivity index (χ0v) is 12.5. The molecule has 1 aromatic carbocycles. The molecule has 0 spiro atoms. The van der Waals surface area contributed by atoms with E-state index in [0.29, 0.717) is 26.2 Å². The van der Waals surface area contributed by atoms with E-state index in [9.17, 15) is 9.59 Å². The number of hydrogen-bond donors (Lipinski definition) is 1. The Morgan fingerprint density at radius 3 is 2.62 bits per heavy atom. The Hall–Kier alpha value is -1.88. The van der Waals surface area contributed by atoms with Crippen molar-refractivity contribution in [2.45, 2.75) is 32.4 Å². The smallest absolute Gasteiger partial charge is 0.245 e. The Balaban J connectivity index is 2.12. The van der Waals surface area contributed by atoms with E-state index in [-0.39, 0.29) is 11.8 Å². The summed E-state index contributed by atoms with van der Waals surface area (Å²) < 4.78 is 5.33. The van der Waals surface area contributed by atoms with E-state index in [2.05, 4.69) is 5.32 Å². The summed E-state index contributed by atoms with van der Waals surface area (Å²) in [7, 11) is 0. The van der Waals surface area contributed by atoms with Crippen molar-refractivity contribution in [3.8, 4) is 0 Å². The predicted molar refractivity (Wildman–Crippen MR) is 79.7 cm³/mol. The van der Waals surface area contributed by atoms with Crippen molar-refractivity contribution in [1.29, 1.82) is 0 Å². The molecule has 2 atom stereocenters. The zero-order chi connectivity index (χ0) is 15.2. The molecule has 1 heterocycles. The van der Waals surface area contributed by atoms with E-state index in [1.165, 1.54) is 0 Å². The molecule has 1 aliphatic heterocycles. The number of carbonyl (C=O) groups excluding carboxylic acids is 2. The summed E-state index contributed by atoms with van der Waals surface area (Å²) in [5.41, 5.74) is 1.04. The van der Waals surface area contributed by atoms with E-state index < -0.39 is 12.1 Å². The lowest BCUT2D eigenvalue weighted by molar-refractivity contribution is -0.149. The van der Waals surface area contributed by atoms with Crippen LogP contribution in [0.1, 0.15) is 19.4 Å². The minimum absolute atomic E-state index is 0.0461. The quantitative estimate of drug-likeness (QED) is 0.795. The zero-order valence-electron chi connectivity index (χ0n) is 12.5. The van der Waals surface area contributed by atoms with Gasteiger partial charge in [-0.2, -0.15) is 0 Å². The lowest BCUT2D eigenvalue weighted by Crippen LogP contribution is -2.63. The van der Waals surface area contributed by atoms with Gasteiger partial charge in [-0.25, -0.2) is 0 Å². The number of benzene rings is 1. The van der Waals surface area contributed by atoms with Gasteiger partial charge in [0, 0.05) is 19.6 Å². The molecule has 0 aliphatic carbocycles. The van der Waals surface area contributed by atoms with Crippen LogP contribution in [0.4, 0.5) is 0 Å². The maximum absolute atomic E-state index is 12.3. The van der Waals surface area contributed by atoms with Crippen LogP contribution in [0.2, 0.25) is 0 Å². The molecular weight excluding hydrogens is 268 g/mol. The Kier molecular flexibility index (Phi) is 5.33. The van der Waals surface area contributed by atoms with Crippen molar-refractivity contribution in [2.75, 3.05) is 19.8 Å². The maximum atomic E-state index is 12.3. The first kappa shape index (κ1) is 15.5. The van der Waals surface area contributed by atoms with Gasteiger partial charge in [0.2, 0.25) is 11.8 Å². The van der Waals surface area contributed by atoms with E-state index in [1.54, 1.807) is 11.8 Å². The Morgan fingerprint density at radius 2 is 1.95 bits per heavy atom. The standard InChI is InChI=1S/C16H22N2O3/c1-3-21-10-9-18-14(11-13-7-5-4-6-8-13)15(19)17-12(2)16(18)20/h4-8,12,14H,3,9-11H2,1-2H3,(H,17,19). The number of rotatable bonds is 6. The van der Waals surface area contributed by atoms with Gasteiger partial charge in [-0.1, -0.05) is 30.3 Å². The van der Waals surface area contributed by atoms with Gasteiger partial charge >= 0.3 is 0 Å². The first-order valence-electron chi connectivity index (χ1n) is 7.36. The molecule has 1 aromatic rings. The molecule has 2 rings (SSSR count). The molecule has 0 saturated carbocycles. The monoisotopic (exact) mass is 290 g/mol. The molecule has 0 radical (unpaired) electrons. The number of piperazine rings is 1. The second kappa shape index (κ2) is 7.22. The average Bonchev–Trinajstić information content (AvgIpc) is 2.49. The summed E-state index contributed by atoms with van der Waals surface area (Å²) in [6, 6.07) is 8.82. The molecule has 1 fully saturated rings.